The zero-order valence-corrected chi connectivity index (χ0v) is 9.65. The molecule has 7 heteroatoms. The zero-order chi connectivity index (χ0) is 12.4. The first-order valence-electron chi connectivity index (χ1n) is 4.73. The molecule has 0 aliphatic carbocycles. The number of nitrogens with two attached hydrogens (primary N) is 1. The third kappa shape index (κ3) is 2.54. The Balaban J connectivity index is 2.20. The van der Waals surface area contributed by atoms with Crippen LogP contribution in [0.5, 0.6) is 0 Å². The van der Waals surface area contributed by atoms with Crippen LogP contribution in [0.4, 0.5) is 11.7 Å². The number of nitrogens with zero attached hydrogens (tertiary/aromatic N) is 2. The lowest BCUT2D eigenvalue weighted by Crippen LogP contribution is -2.12. The van der Waals surface area contributed by atoms with Crippen molar-refractivity contribution in [3.05, 3.63) is 34.7 Å². The van der Waals surface area contributed by atoms with Crippen LogP contribution in [0.3, 0.4) is 0 Å². The second-order valence-electron chi connectivity index (χ2n) is 3.32. The van der Waals surface area contributed by atoms with Gasteiger partial charge in [0.05, 0.1) is 10.6 Å². The molecule has 0 saturated heterocycles. The molecule has 6 nitrogen and oxygen atoms in total. The van der Waals surface area contributed by atoms with Crippen LogP contribution in [-0.2, 0) is 0 Å². The van der Waals surface area contributed by atoms with Gasteiger partial charge in [0.15, 0.2) is 0 Å². The summed E-state index contributed by atoms with van der Waals surface area (Å²) < 4.78 is 5.02. The quantitative estimate of drug-likeness (QED) is 0.796. The van der Waals surface area contributed by atoms with Gasteiger partial charge in [0, 0.05) is 12.6 Å². The van der Waals surface area contributed by atoms with Gasteiger partial charge in [0.1, 0.15) is 0 Å². The van der Waals surface area contributed by atoms with E-state index >= 15 is 0 Å². The first kappa shape index (κ1) is 11.4. The molecule has 2 rings (SSSR count). The summed E-state index contributed by atoms with van der Waals surface area (Å²) in [6.07, 6.45) is 0. The number of hydrogen-bond acceptors (Lipinski definition) is 5. The Morgan fingerprint density at radius 2 is 2.24 bits per heavy atom. The van der Waals surface area contributed by atoms with Crippen molar-refractivity contribution in [2.24, 2.45) is 0 Å². The number of anilines is 2. The van der Waals surface area contributed by atoms with Gasteiger partial charge in [0.25, 0.3) is 5.91 Å². The van der Waals surface area contributed by atoms with Crippen molar-refractivity contribution in [2.75, 3.05) is 11.1 Å². The van der Waals surface area contributed by atoms with Crippen LogP contribution in [0, 0.1) is 6.92 Å². The maximum atomic E-state index is 11.8. The zero-order valence-electron chi connectivity index (χ0n) is 8.90. The molecule has 1 aromatic heterocycles. The lowest BCUT2D eigenvalue weighted by Gasteiger charge is -2.03. The molecule has 1 amide bonds. The molecule has 0 unspecified atom stereocenters. The van der Waals surface area contributed by atoms with Gasteiger partial charge in [0.2, 0.25) is 5.89 Å². The fraction of sp³-hybridized carbons (Fsp3) is 0.100. The molecule has 3 N–H and O–H groups in total. The van der Waals surface area contributed by atoms with E-state index in [0.717, 1.165) is 0 Å². The summed E-state index contributed by atoms with van der Waals surface area (Å²) >= 11 is 5.89. The van der Waals surface area contributed by atoms with Crippen LogP contribution in [-0.4, -0.2) is 16.1 Å². The molecule has 1 aromatic carbocycles. The third-order valence-electron chi connectivity index (χ3n) is 1.98. The van der Waals surface area contributed by atoms with Gasteiger partial charge >= 0.3 is 6.01 Å². The Kier molecular flexibility index (Phi) is 2.97. The largest absolute Gasteiger partial charge is 0.408 e. The van der Waals surface area contributed by atoms with Crippen LogP contribution in [0.2, 0.25) is 5.02 Å². The first-order valence-corrected chi connectivity index (χ1v) is 5.10. The molecule has 0 atom stereocenters. The number of halogens is 1. The Morgan fingerprint density at radius 3 is 2.82 bits per heavy atom. The Hall–Kier alpha value is -2.08. The minimum atomic E-state index is -0.432. The van der Waals surface area contributed by atoms with Gasteiger partial charge in [-0.15, -0.1) is 5.10 Å². The van der Waals surface area contributed by atoms with Crippen LogP contribution >= 0.6 is 11.6 Å². The lowest BCUT2D eigenvalue weighted by molar-refractivity contribution is 0.102. The van der Waals surface area contributed by atoms with Crippen molar-refractivity contribution in [1.29, 1.82) is 0 Å². The molecule has 0 fully saturated rings. The van der Waals surface area contributed by atoms with Gasteiger partial charge in [-0.3, -0.25) is 10.1 Å². The molecule has 0 spiro atoms. The molecular weight excluding hydrogens is 244 g/mol. The minimum Gasteiger partial charge on any atom is -0.408 e. The maximum absolute atomic E-state index is 11.8. The number of rotatable bonds is 2. The fourth-order valence-electron chi connectivity index (χ4n) is 1.23. The molecule has 0 bridgehead atoms. The Labute approximate surface area is 102 Å². The van der Waals surface area contributed by atoms with Gasteiger partial charge < -0.3 is 10.2 Å². The number of amides is 1. The number of carbonyl (C=O) groups is 1. The monoisotopic (exact) mass is 252 g/mol. The predicted octanol–water partition coefficient (Wildman–Crippen LogP) is 1.87. The summed E-state index contributed by atoms with van der Waals surface area (Å²) in [4.78, 5) is 11.8. The van der Waals surface area contributed by atoms with Crippen LogP contribution in [0.1, 0.15) is 16.2 Å². The van der Waals surface area contributed by atoms with Crippen LogP contribution in [0.25, 0.3) is 0 Å². The minimum absolute atomic E-state index is 0.0281. The number of hydrogen-bond donors (Lipinski definition) is 2. The summed E-state index contributed by atoms with van der Waals surface area (Å²) in [6.45, 7) is 1.62. The molecule has 1 heterocycles. The van der Waals surface area contributed by atoms with Gasteiger partial charge in [-0.1, -0.05) is 16.7 Å². The average molecular weight is 253 g/mol. The van der Waals surface area contributed by atoms with Gasteiger partial charge in [-0.2, -0.15) is 0 Å². The summed E-state index contributed by atoms with van der Waals surface area (Å²) in [7, 11) is 0. The third-order valence-corrected chi connectivity index (χ3v) is 2.30. The standard InChI is InChI=1S/C10H9ClN4O2/c1-5-14-15-10(17-5)13-9(16)7-3-2-6(12)4-8(7)11/h2-4H,12H2,1H3,(H,13,15,16). The lowest BCUT2D eigenvalue weighted by atomic mass is 10.2. The van der Waals surface area contributed by atoms with E-state index in [1.165, 1.54) is 12.1 Å². The number of aryl methyl sites for hydroxylation is 1. The predicted molar refractivity (Wildman–Crippen MR) is 62.9 cm³/mol. The van der Waals surface area contributed by atoms with E-state index in [0.29, 0.717) is 11.6 Å². The normalized spacial score (nSPS) is 10.2. The average Bonchev–Trinajstić information content (AvgIpc) is 2.63. The Bertz CT molecular complexity index is 567. The molecular formula is C10H9ClN4O2. The molecule has 0 aliphatic heterocycles. The number of nitrogens with one attached hydrogen (secondary N) is 1. The highest BCUT2D eigenvalue weighted by Gasteiger charge is 2.13. The molecule has 0 saturated carbocycles. The van der Waals surface area contributed by atoms with Gasteiger partial charge in [-0.05, 0) is 18.2 Å². The number of nitrogen functional groups attached to an aromatic ring is 1. The Morgan fingerprint density at radius 1 is 1.47 bits per heavy atom. The molecule has 88 valence electrons. The highest BCUT2D eigenvalue weighted by Crippen LogP contribution is 2.20. The summed E-state index contributed by atoms with van der Waals surface area (Å²) in [6, 6.07) is 4.63. The highest BCUT2D eigenvalue weighted by molar-refractivity contribution is 6.34. The number of carbonyl (C=O) groups excluding carboxylic acids is 1. The van der Waals surface area contributed by atoms with E-state index in [1.807, 2.05) is 0 Å². The van der Waals surface area contributed by atoms with Crippen molar-refractivity contribution in [2.45, 2.75) is 6.92 Å². The smallest absolute Gasteiger partial charge is 0.322 e. The maximum Gasteiger partial charge on any atom is 0.322 e. The van der Waals surface area contributed by atoms with Crippen molar-refractivity contribution in [3.63, 3.8) is 0 Å². The van der Waals surface area contributed by atoms with E-state index < -0.39 is 5.91 Å². The number of aromatic nitrogens is 2. The van der Waals surface area contributed by atoms with Crippen molar-refractivity contribution < 1.29 is 9.21 Å². The van der Waals surface area contributed by atoms with E-state index in [9.17, 15) is 4.79 Å². The van der Waals surface area contributed by atoms with Crippen molar-refractivity contribution >= 4 is 29.2 Å². The van der Waals surface area contributed by atoms with E-state index in [2.05, 4.69) is 15.5 Å². The summed E-state index contributed by atoms with van der Waals surface area (Å²) in [5.41, 5.74) is 6.30. The van der Waals surface area contributed by atoms with E-state index in [1.54, 1.807) is 13.0 Å². The second kappa shape index (κ2) is 4.42. The van der Waals surface area contributed by atoms with Crippen molar-refractivity contribution in [3.8, 4) is 0 Å². The molecule has 2 aromatic rings. The fourth-order valence-corrected chi connectivity index (χ4v) is 1.50. The van der Waals surface area contributed by atoms with Gasteiger partial charge in [-0.25, -0.2) is 0 Å². The molecule has 0 aliphatic rings. The topological polar surface area (TPSA) is 94.0 Å². The van der Waals surface area contributed by atoms with Crippen molar-refractivity contribution in [1.82, 2.24) is 10.2 Å². The van der Waals surface area contributed by atoms with E-state index in [4.69, 9.17) is 21.8 Å². The highest BCUT2D eigenvalue weighted by atomic mass is 35.5. The molecule has 17 heavy (non-hydrogen) atoms. The summed E-state index contributed by atoms with van der Waals surface area (Å²) in [5, 5.41) is 9.93. The van der Waals surface area contributed by atoms with Crippen LogP contribution < -0.4 is 11.1 Å². The summed E-state index contributed by atoms with van der Waals surface area (Å²) in [5.74, 6) is -0.0673. The second-order valence-corrected chi connectivity index (χ2v) is 3.73. The van der Waals surface area contributed by atoms with E-state index in [-0.39, 0.29) is 16.6 Å². The number of benzene rings is 1. The first-order chi connectivity index (χ1) is 8.06. The van der Waals surface area contributed by atoms with Crippen LogP contribution in [0.15, 0.2) is 22.6 Å². The SMILES string of the molecule is Cc1nnc(NC(=O)c2ccc(N)cc2Cl)o1. The molecule has 0 radical (unpaired) electrons.